The number of ether oxygens (including phenoxy) is 4. The van der Waals surface area contributed by atoms with Crippen molar-refractivity contribution in [2.75, 3.05) is 13.9 Å². The molecule has 4 nitrogen and oxygen atoms in total. The highest BCUT2D eigenvalue weighted by atomic mass is 16.7. The number of benzene rings is 2. The number of allylic oxidation sites excluding steroid dienone is 1. The van der Waals surface area contributed by atoms with Gasteiger partial charge in [-0.3, -0.25) is 0 Å². The maximum atomic E-state index is 6.27. The molecule has 2 atom stereocenters. The van der Waals surface area contributed by atoms with Crippen LogP contribution in [0.2, 0.25) is 0 Å². The summed E-state index contributed by atoms with van der Waals surface area (Å²) in [5.74, 6) is 3.40. The maximum absolute atomic E-state index is 6.27. The highest BCUT2D eigenvalue weighted by Gasteiger charge is 2.35. The van der Waals surface area contributed by atoms with E-state index in [-0.39, 0.29) is 18.8 Å². The molecule has 1 unspecified atom stereocenters. The van der Waals surface area contributed by atoms with Crippen LogP contribution in [0.15, 0.2) is 36.4 Å². The van der Waals surface area contributed by atoms with Crippen LogP contribution in [-0.4, -0.2) is 13.9 Å². The van der Waals surface area contributed by atoms with E-state index in [1.165, 1.54) is 5.56 Å². The summed E-state index contributed by atoms with van der Waals surface area (Å²) in [4.78, 5) is 0. The van der Waals surface area contributed by atoms with Gasteiger partial charge in [0.05, 0.1) is 7.11 Å². The Morgan fingerprint density at radius 2 is 1.96 bits per heavy atom. The van der Waals surface area contributed by atoms with Gasteiger partial charge >= 0.3 is 0 Å². The lowest BCUT2D eigenvalue weighted by Gasteiger charge is -2.16. The van der Waals surface area contributed by atoms with Crippen LogP contribution in [0, 0.1) is 0 Å². The van der Waals surface area contributed by atoms with Crippen molar-refractivity contribution < 1.29 is 18.9 Å². The Hall–Kier alpha value is -2.62. The predicted molar refractivity (Wildman–Crippen MR) is 92.1 cm³/mol. The standard InChI is InChI=1S/C20H20O4/c1-4-5-13-8-15-12(2)19(24-20(15)18(9-13)21-3)14-6-7-16-17(10-14)23-11-22-16/h4-10,12,19H,11H2,1-3H3/t12-,19?/m0/s1. The second-order valence-electron chi connectivity index (χ2n) is 6.08. The molecule has 0 bridgehead atoms. The van der Waals surface area contributed by atoms with Gasteiger partial charge in [-0.1, -0.05) is 25.1 Å². The Balaban J connectivity index is 1.73. The van der Waals surface area contributed by atoms with Crippen LogP contribution in [-0.2, 0) is 0 Å². The Bertz CT molecular complexity index is 810. The van der Waals surface area contributed by atoms with E-state index in [4.69, 9.17) is 18.9 Å². The summed E-state index contributed by atoms with van der Waals surface area (Å²) in [7, 11) is 1.68. The Labute approximate surface area is 141 Å². The van der Waals surface area contributed by atoms with Crippen LogP contribution < -0.4 is 18.9 Å². The molecule has 0 saturated heterocycles. The molecule has 4 heteroatoms. The monoisotopic (exact) mass is 324 g/mol. The van der Waals surface area contributed by atoms with E-state index in [0.29, 0.717) is 0 Å². The Kier molecular flexibility index (Phi) is 3.60. The third-order valence-corrected chi connectivity index (χ3v) is 4.60. The number of hydrogen-bond acceptors (Lipinski definition) is 4. The zero-order valence-electron chi connectivity index (χ0n) is 14.0. The molecule has 2 aromatic rings. The SMILES string of the molecule is CC=Cc1cc(OC)c2c(c1)[C@H](C)C(c1ccc3c(c1)OCO3)O2. The summed E-state index contributed by atoms with van der Waals surface area (Å²) >= 11 is 0. The lowest BCUT2D eigenvalue weighted by Crippen LogP contribution is -2.07. The summed E-state index contributed by atoms with van der Waals surface area (Å²) in [5.41, 5.74) is 3.37. The van der Waals surface area contributed by atoms with Crippen LogP contribution in [0.4, 0.5) is 0 Å². The molecule has 2 aromatic carbocycles. The van der Waals surface area contributed by atoms with Crippen molar-refractivity contribution in [3.05, 3.63) is 53.1 Å². The van der Waals surface area contributed by atoms with E-state index in [1.807, 2.05) is 37.3 Å². The van der Waals surface area contributed by atoms with Crippen molar-refractivity contribution in [1.29, 1.82) is 0 Å². The molecule has 2 aliphatic rings. The first-order valence-electron chi connectivity index (χ1n) is 8.12. The molecule has 0 amide bonds. The minimum absolute atomic E-state index is 0.0655. The fraction of sp³-hybridized carbons (Fsp3) is 0.300. The van der Waals surface area contributed by atoms with Crippen LogP contribution in [0.5, 0.6) is 23.0 Å². The van der Waals surface area contributed by atoms with Gasteiger partial charge in [-0.15, -0.1) is 0 Å². The minimum Gasteiger partial charge on any atom is -0.493 e. The quantitative estimate of drug-likeness (QED) is 0.820. The van der Waals surface area contributed by atoms with E-state index in [9.17, 15) is 0 Å². The number of rotatable bonds is 3. The lowest BCUT2D eigenvalue weighted by molar-refractivity contribution is 0.173. The van der Waals surface area contributed by atoms with Crippen molar-refractivity contribution in [2.24, 2.45) is 0 Å². The predicted octanol–water partition coefficient (Wildman–Crippen LogP) is 4.69. The second kappa shape index (κ2) is 5.78. The van der Waals surface area contributed by atoms with Crippen LogP contribution in [0.25, 0.3) is 6.08 Å². The minimum atomic E-state index is -0.0655. The average molecular weight is 324 g/mol. The highest BCUT2D eigenvalue weighted by molar-refractivity contribution is 5.62. The van der Waals surface area contributed by atoms with Gasteiger partial charge in [-0.2, -0.15) is 0 Å². The van der Waals surface area contributed by atoms with Crippen LogP contribution in [0.3, 0.4) is 0 Å². The summed E-state index contributed by atoms with van der Waals surface area (Å²) in [5, 5.41) is 0. The molecular formula is C20H20O4. The molecule has 2 heterocycles. The van der Waals surface area contributed by atoms with Gasteiger partial charge in [0.25, 0.3) is 0 Å². The first-order valence-corrected chi connectivity index (χ1v) is 8.12. The Morgan fingerprint density at radius 3 is 2.75 bits per heavy atom. The molecular weight excluding hydrogens is 304 g/mol. The van der Waals surface area contributed by atoms with Gasteiger partial charge in [0, 0.05) is 11.5 Å². The molecule has 4 rings (SSSR count). The maximum Gasteiger partial charge on any atom is 0.231 e. The Morgan fingerprint density at radius 1 is 1.12 bits per heavy atom. The van der Waals surface area contributed by atoms with E-state index >= 15 is 0 Å². The molecule has 0 saturated carbocycles. The zero-order chi connectivity index (χ0) is 16.7. The summed E-state index contributed by atoms with van der Waals surface area (Å²) in [6.07, 6.45) is 4.03. The third kappa shape index (κ3) is 2.30. The third-order valence-electron chi connectivity index (χ3n) is 4.60. The molecule has 0 fully saturated rings. The highest BCUT2D eigenvalue weighted by Crippen LogP contribution is 2.51. The topological polar surface area (TPSA) is 36.9 Å². The number of methoxy groups -OCH3 is 1. The van der Waals surface area contributed by atoms with E-state index < -0.39 is 0 Å². The molecule has 0 aliphatic carbocycles. The number of hydrogen-bond donors (Lipinski definition) is 0. The van der Waals surface area contributed by atoms with Crippen molar-refractivity contribution in [3.8, 4) is 23.0 Å². The van der Waals surface area contributed by atoms with Crippen molar-refractivity contribution >= 4 is 6.08 Å². The van der Waals surface area contributed by atoms with Crippen molar-refractivity contribution in [1.82, 2.24) is 0 Å². The van der Waals surface area contributed by atoms with Gasteiger partial charge in [0.1, 0.15) is 6.10 Å². The van der Waals surface area contributed by atoms with Gasteiger partial charge in [0.2, 0.25) is 6.79 Å². The second-order valence-corrected chi connectivity index (χ2v) is 6.08. The summed E-state index contributed by atoms with van der Waals surface area (Å²) in [6.45, 7) is 4.47. The summed E-state index contributed by atoms with van der Waals surface area (Å²) < 4.78 is 22.7. The van der Waals surface area contributed by atoms with Gasteiger partial charge in [0.15, 0.2) is 23.0 Å². The van der Waals surface area contributed by atoms with E-state index in [0.717, 1.165) is 34.1 Å². The normalized spacial score (nSPS) is 21.0. The molecule has 2 aliphatic heterocycles. The first kappa shape index (κ1) is 14.9. The van der Waals surface area contributed by atoms with Crippen molar-refractivity contribution in [3.63, 3.8) is 0 Å². The fourth-order valence-electron chi connectivity index (χ4n) is 3.39. The van der Waals surface area contributed by atoms with Gasteiger partial charge in [-0.25, -0.2) is 0 Å². The largest absolute Gasteiger partial charge is 0.493 e. The smallest absolute Gasteiger partial charge is 0.231 e. The molecule has 24 heavy (non-hydrogen) atoms. The molecule has 0 N–H and O–H groups in total. The van der Waals surface area contributed by atoms with E-state index in [2.05, 4.69) is 19.1 Å². The van der Waals surface area contributed by atoms with Crippen molar-refractivity contribution in [2.45, 2.75) is 25.9 Å². The zero-order valence-corrected chi connectivity index (χ0v) is 14.0. The average Bonchev–Trinajstić information content (AvgIpc) is 3.19. The van der Waals surface area contributed by atoms with Crippen LogP contribution >= 0.6 is 0 Å². The molecule has 0 radical (unpaired) electrons. The molecule has 124 valence electrons. The van der Waals surface area contributed by atoms with E-state index in [1.54, 1.807) is 7.11 Å². The number of fused-ring (bicyclic) bond motifs is 2. The molecule has 0 spiro atoms. The van der Waals surface area contributed by atoms with Gasteiger partial charge in [-0.05, 0) is 42.3 Å². The lowest BCUT2D eigenvalue weighted by atomic mass is 9.91. The fourth-order valence-corrected chi connectivity index (χ4v) is 3.39. The van der Waals surface area contributed by atoms with Crippen LogP contribution in [0.1, 0.15) is 42.6 Å². The molecule has 0 aromatic heterocycles. The summed E-state index contributed by atoms with van der Waals surface area (Å²) in [6, 6.07) is 10.2. The first-order chi connectivity index (χ1) is 11.7. The van der Waals surface area contributed by atoms with Gasteiger partial charge < -0.3 is 18.9 Å².